The van der Waals surface area contributed by atoms with E-state index in [9.17, 15) is 0 Å². The molecule has 0 saturated heterocycles. The highest BCUT2D eigenvalue weighted by molar-refractivity contribution is 8.43. The maximum Gasteiger partial charge on any atom is 0.224 e. The third kappa shape index (κ3) is 3.50. The van der Waals surface area contributed by atoms with E-state index in [1.54, 1.807) is 23.5 Å². The van der Waals surface area contributed by atoms with Crippen molar-refractivity contribution in [2.45, 2.75) is 25.9 Å². The first-order valence-electron chi connectivity index (χ1n) is 8.29. The van der Waals surface area contributed by atoms with Gasteiger partial charge in [0.2, 0.25) is 11.8 Å². The summed E-state index contributed by atoms with van der Waals surface area (Å²) in [5.74, 6) is 3.92. The zero-order valence-electron chi connectivity index (χ0n) is 14.1. The van der Waals surface area contributed by atoms with Crippen LogP contribution in [-0.4, -0.2) is 48.6 Å². The van der Waals surface area contributed by atoms with Crippen molar-refractivity contribution in [2.24, 2.45) is 9.98 Å². The van der Waals surface area contributed by atoms with Gasteiger partial charge in [0, 0.05) is 11.5 Å². The molecule has 4 nitrogen and oxygen atoms in total. The maximum atomic E-state index is 5.86. The van der Waals surface area contributed by atoms with Crippen LogP contribution in [0, 0.1) is 0 Å². The molecular formula is C16H16N2O2S6. The van der Waals surface area contributed by atoms with Gasteiger partial charge in [0.25, 0.3) is 0 Å². The van der Waals surface area contributed by atoms with Crippen LogP contribution in [0.2, 0.25) is 0 Å². The van der Waals surface area contributed by atoms with E-state index in [2.05, 4.69) is 23.8 Å². The zero-order valence-corrected chi connectivity index (χ0v) is 19.0. The van der Waals surface area contributed by atoms with Crippen LogP contribution < -0.4 is 0 Å². The summed E-state index contributed by atoms with van der Waals surface area (Å²) in [4.78, 5) is 11.5. The second-order valence-electron chi connectivity index (χ2n) is 6.10. The SMILES string of the molecule is C[C@H]1COC(C2=C(C3=N[C@@H](C)CO3)SC(=C3SC4=C(SCCS4)S3)S2)=N1. The lowest BCUT2D eigenvalue weighted by atomic mass is 10.4. The summed E-state index contributed by atoms with van der Waals surface area (Å²) in [6, 6.07) is 0.423. The summed E-state index contributed by atoms with van der Waals surface area (Å²) in [7, 11) is 0. The van der Waals surface area contributed by atoms with Gasteiger partial charge in [0.1, 0.15) is 13.2 Å². The van der Waals surface area contributed by atoms with Crippen LogP contribution in [0.4, 0.5) is 0 Å². The van der Waals surface area contributed by atoms with Gasteiger partial charge < -0.3 is 9.47 Å². The van der Waals surface area contributed by atoms with E-state index in [1.807, 2.05) is 47.0 Å². The zero-order chi connectivity index (χ0) is 17.7. The van der Waals surface area contributed by atoms with Crippen molar-refractivity contribution in [3.05, 3.63) is 26.8 Å². The van der Waals surface area contributed by atoms with Crippen LogP contribution in [0.25, 0.3) is 0 Å². The first-order chi connectivity index (χ1) is 12.7. The van der Waals surface area contributed by atoms with E-state index in [1.165, 1.54) is 28.5 Å². The molecule has 0 N–H and O–H groups in total. The second-order valence-corrected chi connectivity index (χ2v) is 13.4. The highest BCUT2D eigenvalue weighted by Crippen LogP contribution is 2.65. The molecule has 0 unspecified atom stereocenters. The number of hydrogen-bond acceptors (Lipinski definition) is 10. The number of rotatable bonds is 2. The molecule has 0 aromatic heterocycles. The summed E-state index contributed by atoms with van der Waals surface area (Å²) >= 11 is 11.3. The van der Waals surface area contributed by atoms with E-state index in [-0.39, 0.29) is 12.1 Å². The molecule has 0 bridgehead atoms. The van der Waals surface area contributed by atoms with Crippen molar-refractivity contribution in [2.75, 3.05) is 24.7 Å². The minimum absolute atomic E-state index is 0.212. The van der Waals surface area contributed by atoms with Crippen molar-refractivity contribution >= 4 is 82.4 Å². The van der Waals surface area contributed by atoms with Gasteiger partial charge in [-0.3, -0.25) is 0 Å². The summed E-state index contributed by atoms with van der Waals surface area (Å²) in [6.45, 7) is 5.47. The fourth-order valence-corrected chi connectivity index (χ4v) is 11.5. The minimum Gasteiger partial charge on any atom is -0.475 e. The Kier molecular flexibility index (Phi) is 5.34. The van der Waals surface area contributed by atoms with Gasteiger partial charge in [0.05, 0.1) is 38.8 Å². The number of nitrogens with zero attached hydrogens (tertiary/aromatic N) is 2. The Labute approximate surface area is 178 Å². The van der Waals surface area contributed by atoms with Crippen molar-refractivity contribution in [3.63, 3.8) is 0 Å². The Hall–Kier alpha value is 0.260. The van der Waals surface area contributed by atoms with Gasteiger partial charge in [-0.05, 0) is 13.8 Å². The summed E-state index contributed by atoms with van der Waals surface area (Å²) in [5, 5.41) is 0. The Balaban J connectivity index is 1.46. The predicted octanol–water partition coefficient (Wildman–Crippen LogP) is 5.53. The molecule has 0 spiro atoms. The van der Waals surface area contributed by atoms with E-state index in [0.717, 1.165) is 21.6 Å². The molecule has 10 heteroatoms. The third-order valence-corrected chi connectivity index (χ3v) is 12.7. The molecule has 0 aliphatic carbocycles. The van der Waals surface area contributed by atoms with Crippen molar-refractivity contribution < 1.29 is 9.47 Å². The average Bonchev–Trinajstić information content (AvgIpc) is 3.39. The van der Waals surface area contributed by atoms with Crippen LogP contribution in [0.1, 0.15) is 13.8 Å². The molecule has 138 valence electrons. The molecule has 26 heavy (non-hydrogen) atoms. The first-order valence-corrected chi connectivity index (χ1v) is 13.5. The fourth-order valence-electron chi connectivity index (χ4n) is 2.66. The highest BCUT2D eigenvalue weighted by atomic mass is 32.3. The number of aliphatic imine (C=N–C) groups is 2. The average molecular weight is 461 g/mol. The monoisotopic (exact) mass is 460 g/mol. The molecule has 0 amide bonds. The van der Waals surface area contributed by atoms with Crippen LogP contribution in [0.3, 0.4) is 0 Å². The van der Waals surface area contributed by atoms with Crippen molar-refractivity contribution in [1.82, 2.24) is 0 Å². The molecule has 0 aromatic rings. The van der Waals surface area contributed by atoms with Gasteiger partial charge in [0.15, 0.2) is 0 Å². The van der Waals surface area contributed by atoms with Crippen LogP contribution in [0.15, 0.2) is 36.7 Å². The van der Waals surface area contributed by atoms with Gasteiger partial charge in [-0.15, -0.1) is 23.5 Å². The predicted molar refractivity (Wildman–Crippen MR) is 122 cm³/mol. The van der Waals surface area contributed by atoms with E-state index < -0.39 is 0 Å². The Morgan fingerprint density at radius 2 is 1.15 bits per heavy atom. The lowest BCUT2D eigenvalue weighted by Gasteiger charge is -2.08. The largest absolute Gasteiger partial charge is 0.475 e. The van der Waals surface area contributed by atoms with Gasteiger partial charge >= 0.3 is 0 Å². The molecule has 2 atom stereocenters. The minimum atomic E-state index is 0.212. The Morgan fingerprint density at radius 3 is 1.58 bits per heavy atom. The molecule has 5 aliphatic heterocycles. The van der Waals surface area contributed by atoms with Gasteiger partial charge in [-0.25, -0.2) is 9.98 Å². The molecular weight excluding hydrogens is 445 g/mol. The number of thioether (sulfide) groups is 6. The maximum absolute atomic E-state index is 5.86. The molecule has 5 rings (SSSR count). The normalized spacial score (nSPS) is 31.3. The Morgan fingerprint density at radius 1 is 0.692 bits per heavy atom. The highest BCUT2D eigenvalue weighted by Gasteiger charge is 2.37. The third-order valence-electron chi connectivity index (χ3n) is 3.84. The lowest BCUT2D eigenvalue weighted by Crippen LogP contribution is -2.07. The van der Waals surface area contributed by atoms with E-state index >= 15 is 0 Å². The molecule has 0 radical (unpaired) electrons. The summed E-state index contributed by atoms with van der Waals surface area (Å²) in [6.07, 6.45) is 0. The van der Waals surface area contributed by atoms with Crippen molar-refractivity contribution in [3.8, 4) is 0 Å². The summed E-state index contributed by atoms with van der Waals surface area (Å²) < 4.78 is 17.3. The molecule has 0 aromatic carbocycles. The second kappa shape index (κ2) is 7.59. The summed E-state index contributed by atoms with van der Waals surface area (Å²) in [5.41, 5.74) is 0. The van der Waals surface area contributed by atoms with Gasteiger partial charge in [-0.2, -0.15) is 0 Å². The van der Waals surface area contributed by atoms with E-state index in [0.29, 0.717) is 13.2 Å². The van der Waals surface area contributed by atoms with Gasteiger partial charge in [-0.1, -0.05) is 47.0 Å². The molecule has 5 heterocycles. The first kappa shape index (κ1) is 18.3. The molecule has 0 saturated carbocycles. The number of hydrogen-bond donors (Lipinski definition) is 0. The van der Waals surface area contributed by atoms with Crippen LogP contribution in [0.5, 0.6) is 0 Å². The van der Waals surface area contributed by atoms with E-state index in [4.69, 9.17) is 9.47 Å². The molecule has 5 aliphatic rings. The quantitative estimate of drug-likeness (QED) is 0.533. The number of ether oxygens (including phenoxy) is 2. The van der Waals surface area contributed by atoms with Crippen molar-refractivity contribution in [1.29, 1.82) is 0 Å². The lowest BCUT2D eigenvalue weighted by molar-refractivity contribution is 0.322. The fraction of sp³-hybridized carbons (Fsp3) is 0.500. The van der Waals surface area contributed by atoms with Crippen LogP contribution >= 0.6 is 70.6 Å². The topological polar surface area (TPSA) is 43.2 Å². The standard InChI is InChI=1S/C16H16N2O2S6/c1-7-5-19-11(17-7)9-10(12-18-8(2)6-20-12)24-15(23-9)16-25-13-14(26-16)22-4-3-21-13/h7-8H,3-6H2,1-2H3/t7-,8-/m0/s1. The smallest absolute Gasteiger partial charge is 0.224 e. The molecule has 0 fully saturated rings. The Bertz CT molecular complexity index is 754. The van der Waals surface area contributed by atoms with Crippen LogP contribution in [-0.2, 0) is 9.47 Å².